The Morgan fingerprint density at radius 1 is 0.400 bits per heavy atom. The standard InChI is InChI=1S/C33H21.6FH.Sb/c1-2-4-9-22(8-3-1)27-14-6-12-23-13-7-15-29(32(23)27)28-20-18-26-17-16-24-10-5-11-25-19-21-30(28)33(26)31(24)25;;;;;;;/h1-21H;6*1H;/q+1;;;;;;;+5/p-6. The molecule has 7 aromatic carbocycles. The van der Waals surface area contributed by atoms with Gasteiger partial charge in [-0.15, -0.1) is 0 Å². The van der Waals surface area contributed by atoms with E-state index >= 15 is 0 Å². The average molecular weight is 653 g/mol. The van der Waals surface area contributed by atoms with Crippen LogP contribution >= 0.6 is 0 Å². The molecule has 0 radical (unpaired) electrons. The summed E-state index contributed by atoms with van der Waals surface area (Å²) in [5.41, 5.74) is 5.08. The van der Waals surface area contributed by atoms with Crippen molar-refractivity contribution in [3.63, 3.8) is 0 Å². The molecule has 40 heavy (non-hydrogen) atoms. The topological polar surface area (TPSA) is 0 Å². The van der Waals surface area contributed by atoms with Gasteiger partial charge in [0.25, 0.3) is 0 Å². The summed E-state index contributed by atoms with van der Waals surface area (Å²) in [6, 6.07) is 46.4. The summed E-state index contributed by atoms with van der Waals surface area (Å²) in [7, 11) is 0. The Balaban J connectivity index is 0.000000370. The third-order valence-corrected chi connectivity index (χ3v) is 6.92. The predicted molar refractivity (Wildman–Crippen MR) is 155 cm³/mol. The molecule has 0 nitrogen and oxygen atoms in total. The van der Waals surface area contributed by atoms with Gasteiger partial charge in [-0.25, -0.2) is 0 Å². The third-order valence-electron chi connectivity index (χ3n) is 6.92. The van der Waals surface area contributed by atoms with Crippen LogP contribution in [-0.2, 0) is 0 Å². The van der Waals surface area contributed by atoms with Crippen LogP contribution in [0.5, 0.6) is 0 Å². The molecule has 0 unspecified atom stereocenters. The molecule has 200 valence electrons. The van der Waals surface area contributed by atoms with E-state index in [2.05, 4.69) is 127 Å². The van der Waals surface area contributed by atoms with Crippen molar-refractivity contribution >= 4 is 62.6 Å². The van der Waals surface area contributed by atoms with Crippen LogP contribution < -0.4 is 0 Å². The molecular formula is C33H21F6Sb. The molecule has 0 aliphatic rings. The molecule has 0 saturated carbocycles. The fourth-order valence-electron chi connectivity index (χ4n) is 5.46. The maximum atomic E-state index is 9.93. The maximum absolute atomic E-state index is 11.2. The Bertz CT molecular complexity index is 2000. The van der Waals surface area contributed by atoms with Crippen LogP contribution in [0.15, 0.2) is 127 Å². The molecule has 0 saturated heterocycles. The number of hydrogen-bond acceptors (Lipinski definition) is 0. The third kappa shape index (κ3) is 5.55. The Morgan fingerprint density at radius 3 is 1.50 bits per heavy atom. The summed E-state index contributed by atoms with van der Waals surface area (Å²) in [5, 5.41) is 10.5. The first-order chi connectivity index (χ1) is 18.8. The molecule has 0 heterocycles. The van der Waals surface area contributed by atoms with E-state index in [1.807, 2.05) is 0 Å². The fraction of sp³-hybridized carbons (Fsp3) is 0. The summed E-state index contributed by atoms with van der Waals surface area (Å²) >= 11 is -11.2. The molecule has 0 atom stereocenters. The van der Waals surface area contributed by atoms with Gasteiger partial charge in [0, 0.05) is 29.1 Å². The van der Waals surface area contributed by atoms with Crippen molar-refractivity contribution < 1.29 is 16.9 Å². The average Bonchev–Trinajstić information content (AvgIpc) is 3.19. The normalized spacial score (nSPS) is 13.7. The van der Waals surface area contributed by atoms with Crippen molar-refractivity contribution in [2.24, 2.45) is 0 Å². The van der Waals surface area contributed by atoms with Crippen molar-refractivity contribution in [2.75, 3.05) is 0 Å². The van der Waals surface area contributed by atoms with E-state index in [0.29, 0.717) is 0 Å². The van der Waals surface area contributed by atoms with Gasteiger partial charge in [-0.1, -0.05) is 60.7 Å². The Morgan fingerprint density at radius 2 is 0.875 bits per heavy atom. The van der Waals surface area contributed by atoms with E-state index in [9.17, 15) is 16.9 Å². The zero-order valence-electron chi connectivity index (χ0n) is 20.8. The number of rotatable bonds is 2. The van der Waals surface area contributed by atoms with E-state index in [1.54, 1.807) is 0 Å². The molecule has 0 aliphatic heterocycles. The van der Waals surface area contributed by atoms with Crippen LogP contribution in [0.2, 0.25) is 0 Å². The second-order valence-electron chi connectivity index (χ2n) is 9.70. The van der Waals surface area contributed by atoms with Gasteiger partial charge in [0.1, 0.15) is 0 Å². The SMILES string of the molecule is [F][Sb-]([F])([F])([F])([F])[F].c1ccc[c+](-c2cccc3cccc(-c4ccc5ccc6cccc7ccc4c5c67)c23)cc1. The summed E-state index contributed by atoms with van der Waals surface area (Å²) in [6.45, 7) is 0. The van der Waals surface area contributed by atoms with Crippen molar-refractivity contribution in [1.29, 1.82) is 0 Å². The van der Waals surface area contributed by atoms with Gasteiger partial charge >= 0.3 is 36.4 Å². The summed E-state index contributed by atoms with van der Waals surface area (Å²) in [6.07, 6.45) is 0. The van der Waals surface area contributed by atoms with Crippen molar-refractivity contribution in [1.82, 2.24) is 0 Å². The maximum Gasteiger partial charge on any atom is 0.0879 e. The van der Waals surface area contributed by atoms with E-state index in [1.165, 1.54) is 65.3 Å². The minimum absolute atomic E-state index is 1.23. The number of halogens is 6. The van der Waals surface area contributed by atoms with Gasteiger partial charge in [-0.3, -0.25) is 0 Å². The number of fused-ring (bicyclic) bond motifs is 1. The van der Waals surface area contributed by atoms with E-state index in [-0.39, 0.29) is 0 Å². The van der Waals surface area contributed by atoms with E-state index in [4.69, 9.17) is 0 Å². The predicted octanol–water partition coefficient (Wildman–Crippen LogP) is 11.5. The number of benzene rings is 6. The van der Waals surface area contributed by atoms with Gasteiger partial charge < -0.3 is 0 Å². The Kier molecular flexibility index (Phi) is 5.80. The van der Waals surface area contributed by atoms with Gasteiger partial charge in [0.2, 0.25) is 0 Å². The second kappa shape index (κ2) is 8.80. The smallest absolute Gasteiger partial charge is 0.0610 e. The minimum atomic E-state index is -11.2. The molecule has 0 bridgehead atoms. The van der Waals surface area contributed by atoms with Crippen LogP contribution in [0.4, 0.5) is 16.9 Å². The fourth-order valence-corrected chi connectivity index (χ4v) is 5.46. The minimum Gasteiger partial charge on any atom is -0.0610 e. The zero-order valence-corrected chi connectivity index (χ0v) is 23.4. The Hall–Kier alpha value is -3.89. The van der Waals surface area contributed by atoms with Crippen molar-refractivity contribution in [3.8, 4) is 22.3 Å². The first-order valence-electron chi connectivity index (χ1n) is 12.5. The van der Waals surface area contributed by atoms with Gasteiger partial charge in [0.15, 0.2) is 0 Å². The largest absolute Gasteiger partial charge is 0.0879 e. The van der Waals surface area contributed by atoms with Crippen LogP contribution in [0, 0.1) is 0 Å². The molecule has 0 amide bonds. The van der Waals surface area contributed by atoms with Gasteiger partial charge in [-0.2, -0.15) is 0 Å². The van der Waals surface area contributed by atoms with E-state index in [0.717, 1.165) is 0 Å². The van der Waals surface area contributed by atoms with Crippen molar-refractivity contribution in [2.45, 2.75) is 0 Å². The van der Waals surface area contributed by atoms with Crippen LogP contribution in [0.1, 0.15) is 0 Å². The second-order valence-corrected chi connectivity index (χ2v) is 15.2. The quantitative estimate of drug-likeness (QED) is 0.0754. The molecule has 0 aromatic heterocycles. The first kappa shape index (κ1) is 26.3. The Labute approximate surface area is 228 Å². The molecule has 0 spiro atoms. The molecule has 0 aliphatic carbocycles. The molecular weight excluding hydrogens is 632 g/mol. The monoisotopic (exact) mass is 652 g/mol. The summed E-state index contributed by atoms with van der Waals surface area (Å²) < 4.78 is 59.6. The van der Waals surface area contributed by atoms with E-state index < -0.39 is 19.5 Å². The summed E-state index contributed by atoms with van der Waals surface area (Å²) in [4.78, 5) is 0. The molecule has 7 rings (SSSR count). The van der Waals surface area contributed by atoms with Crippen molar-refractivity contribution in [3.05, 3.63) is 127 Å². The van der Waals surface area contributed by atoms with Gasteiger partial charge in [0.05, 0.1) is 16.5 Å². The summed E-state index contributed by atoms with van der Waals surface area (Å²) in [5.74, 6) is 0. The van der Waals surface area contributed by atoms with Crippen LogP contribution in [-0.4, -0.2) is 19.5 Å². The molecule has 0 N–H and O–H groups in total. The molecule has 7 aromatic rings. The van der Waals surface area contributed by atoms with Crippen LogP contribution in [0.25, 0.3) is 65.3 Å². The number of hydrogen-bond donors (Lipinski definition) is 0. The van der Waals surface area contributed by atoms with Crippen LogP contribution in [0.3, 0.4) is 0 Å². The van der Waals surface area contributed by atoms with Gasteiger partial charge in [-0.05, 0) is 86.4 Å². The zero-order chi connectivity index (χ0) is 28.2. The molecule has 7 heteroatoms. The molecule has 0 fully saturated rings. The first-order valence-corrected chi connectivity index (χ1v) is 18.3.